The largest absolute Gasteiger partial charge is 0.355 e. The minimum absolute atomic E-state index is 0.123. The summed E-state index contributed by atoms with van der Waals surface area (Å²) in [6.45, 7) is 4.35. The van der Waals surface area contributed by atoms with Gasteiger partial charge in [-0.15, -0.1) is 0 Å². The normalized spacial score (nSPS) is 10.4. The summed E-state index contributed by atoms with van der Waals surface area (Å²) in [7, 11) is 0. The van der Waals surface area contributed by atoms with E-state index in [0.29, 0.717) is 6.54 Å². The van der Waals surface area contributed by atoms with E-state index < -0.39 is 0 Å². The van der Waals surface area contributed by atoms with E-state index in [1.54, 1.807) is 0 Å². The van der Waals surface area contributed by atoms with Crippen LogP contribution in [-0.4, -0.2) is 37.6 Å². The molecule has 0 fully saturated rings. The molecule has 0 radical (unpaired) electrons. The van der Waals surface area contributed by atoms with E-state index in [2.05, 4.69) is 23.8 Å². The summed E-state index contributed by atoms with van der Waals surface area (Å²) in [5.41, 5.74) is 0. The zero-order valence-electron chi connectivity index (χ0n) is 10.7. The lowest BCUT2D eigenvalue weighted by Crippen LogP contribution is -2.34. The van der Waals surface area contributed by atoms with Gasteiger partial charge in [-0.1, -0.05) is 19.8 Å². The highest BCUT2D eigenvalue weighted by atomic mass is 32.2. The number of hydrogen-bond acceptors (Lipinski definition) is 3. The second-order valence-corrected chi connectivity index (χ2v) is 4.92. The molecule has 0 aliphatic heterocycles. The van der Waals surface area contributed by atoms with Gasteiger partial charge in [0.05, 0.1) is 6.54 Å². The highest BCUT2D eigenvalue weighted by Gasteiger charge is 1.98. The number of rotatable bonds is 11. The second-order valence-electron chi connectivity index (χ2n) is 3.93. The van der Waals surface area contributed by atoms with Gasteiger partial charge in [0, 0.05) is 6.54 Å². The van der Waals surface area contributed by atoms with E-state index in [-0.39, 0.29) is 5.91 Å². The Morgan fingerprint density at radius 3 is 2.62 bits per heavy atom. The molecule has 0 aliphatic rings. The fourth-order valence-corrected chi connectivity index (χ4v) is 1.83. The lowest BCUT2D eigenvalue weighted by atomic mass is 10.2. The minimum Gasteiger partial charge on any atom is -0.355 e. The third-order valence-electron chi connectivity index (χ3n) is 2.34. The van der Waals surface area contributed by atoms with Crippen LogP contribution in [0, 0.1) is 0 Å². The van der Waals surface area contributed by atoms with E-state index in [0.717, 1.165) is 25.9 Å². The zero-order valence-corrected chi connectivity index (χ0v) is 11.5. The Hall–Kier alpha value is -0.220. The molecule has 0 saturated heterocycles. The molecule has 0 unspecified atom stereocenters. The molecule has 0 rings (SSSR count). The minimum atomic E-state index is 0.123. The third kappa shape index (κ3) is 11.9. The quantitative estimate of drug-likeness (QED) is 0.548. The van der Waals surface area contributed by atoms with Gasteiger partial charge in [0.2, 0.25) is 5.91 Å². The van der Waals surface area contributed by atoms with Crippen LogP contribution in [-0.2, 0) is 4.79 Å². The van der Waals surface area contributed by atoms with Crippen molar-refractivity contribution in [3.05, 3.63) is 0 Å². The molecule has 16 heavy (non-hydrogen) atoms. The van der Waals surface area contributed by atoms with E-state index in [9.17, 15) is 4.79 Å². The van der Waals surface area contributed by atoms with Crippen LogP contribution in [0.4, 0.5) is 0 Å². The maximum absolute atomic E-state index is 11.3. The molecule has 0 aromatic heterocycles. The van der Waals surface area contributed by atoms with Crippen LogP contribution < -0.4 is 10.6 Å². The van der Waals surface area contributed by atoms with Gasteiger partial charge < -0.3 is 10.6 Å². The van der Waals surface area contributed by atoms with Crippen molar-refractivity contribution in [3.8, 4) is 0 Å². The number of nitrogens with one attached hydrogen (secondary N) is 2. The van der Waals surface area contributed by atoms with Crippen molar-refractivity contribution in [1.29, 1.82) is 0 Å². The summed E-state index contributed by atoms with van der Waals surface area (Å²) >= 11 is 1.90. The summed E-state index contributed by atoms with van der Waals surface area (Å²) in [6.07, 6.45) is 8.04. The highest BCUT2D eigenvalue weighted by Crippen LogP contribution is 2.00. The average molecular weight is 246 g/mol. The Balaban J connectivity index is 3.09. The van der Waals surface area contributed by atoms with Crippen LogP contribution in [0.3, 0.4) is 0 Å². The lowest BCUT2D eigenvalue weighted by molar-refractivity contribution is -0.120. The fraction of sp³-hybridized carbons (Fsp3) is 0.917. The molecule has 0 spiro atoms. The summed E-state index contributed by atoms with van der Waals surface area (Å²) in [5, 5.41) is 6.06. The number of carbonyl (C=O) groups excluding carboxylic acids is 1. The van der Waals surface area contributed by atoms with Crippen molar-refractivity contribution < 1.29 is 4.79 Å². The first-order valence-electron chi connectivity index (χ1n) is 6.27. The Labute approximate surface area is 104 Å². The lowest BCUT2D eigenvalue weighted by Gasteiger charge is -2.05. The number of hydrogen-bond donors (Lipinski definition) is 2. The van der Waals surface area contributed by atoms with Gasteiger partial charge >= 0.3 is 0 Å². The Morgan fingerprint density at radius 2 is 1.94 bits per heavy atom. The third-order valence-corrected chi connectivity index (χ3v) is 3.04. The Kier molecular flexibility index (Phi) is 12.7. The number of amides is 1. The fourth-order valence-electron chi connectivity index (χ4n) is 1.34. The molecular weight excluding hydrogens is 220 g/mol. The Bertz CT molecular complexity index is 165. The van der Waals surface area contributed by atoms with Gasteiger partial charge in [-0.2, -0.15) is 11.8 Å². The smallest absolute Gasteiger partial charge is 0.233 e. The molecule has 0 atom stereocenters. The van der Waals surface area contributed by atoms with Crippen molar-refractivity contribution >= 4 is 17.7 Å². The summed E-state index contributed by atoms with van der Waals surface area (Å²) in [6, 6.07) is 0. The van der Waals surface area contributed by atoms with Gasteiger partial charge in [-0.25, -0.2) is 0 Å². The number of thioether (sulfide) groups is 1. The molecular formula is C12H26N2OS. The first kappa shape index (κ1) is 15.8. The van der Waals surface area contributed by atoms with Gasteiger partial charge in [-0.3, -0.25) is 4.79 Å². The molecule has 1 amide bonds. The van der Waals surface area contributed by atoms with E-state index >= 15 is 0 Å². The Morgan fingerprint density at radius 1 is 1.12 bits per heavy atom. The van der Waals surface area contributed by atoms with Crippen molar-refractivity contribution in [2.24, 2.45) is 0 Å². The van der Waals surface area contributed by atoms with E-state index in [4.69, 9.17) is 0 Å². The zero-order chi connectivity index (χ0) is 12.1. The molecule has 3 nitrogen and oxygen atoms in total. The first-order chi connectivity index (χ1) is 7.81. The van der Waals surface area contributed by atoms with Crippen LogP contribution >= 0.6 is 11.8 Å². The van der Waals surface area contributed by atoms with Crippen LogP contribution in [0.5, 0.6) is 0 Å². The predicted octanol–water partition coefficient (Wildman–Crippen LogP) is 2.03. The predicted molar refractivity (Wildman–Crippen MR) is 73.0 cm³/mol. The molecule has 2 N–H and O–H groups in total. The van der Waals surface area contributed by atoms with Crippen molar-refractivity contribution in [2.75, 3.05) is 31.6 Å². The van der Waals surface area contributed by atoms with Crippen LogP contribution in [0.25, 0.3) is 0 Å². The monoisotopic (exact) mass is 246 g/mol. The SMILES string of the molecule is CCCCNC(=O)CNCCCCCSC. The van der Waals surface area contributed by atoms with Crippen LogP contribution in [0.2, 0.25) is 0 Å². The topological polar surface area (TPSA) is 41.1 Å². The standard InChI is InChI=1S/C12H26N2OS/c1-3-4-9-14-12(15)11-13-8-6-5-7-10-16-2/h13H,3-11H2,1-2H3,(H,14,15). The maximum Gasteiger partial charge on any atom is 0.233 e. The highest BCUT2D eigenvalue weighted by molar-refractivity contribution is 7.98. The second kappa shape index (κ2) is 12.8. The van der Waals surface area contributed by atoms with Gasteiger partial charge in [0.15, 0.2) is 0 Å². The molecule has 0 aromatic rings. The number of unbranched alkanes of at least 4 members (excludes halogenated alkanes) is 3. The van der Waals surface area contributed by atoms with Crippen molar-refractivity contribution in [1.82, 2.24) is 10.6 Å². The van der Waals surface area contributed by atoms with Crippen LogP contribution in [0.1, 0.15) is 39.0 Å². The maximum atomic E-state index is 11.3. The summed E-state index contributed by atoms with van der Waals surface area (Å²) < 4.78 is 0. The molecule has 4 heteroatoms. The molecule has 0 bridgehead atoms. The molecule has 0 aliphatic carbocycles. The van der Waals surface area contributed by atoms with Crippen LogP contribution in [0.15, 0.2) is 0 Å². The van der Waals surface area contributed by atoms with E-state index in [1.165, 1.54) is 25.0 Å². The first-order valence-corrected chi connectivity index (χ1v) is 7.67. The molecule has 96 valence electrons. The van der Waals surface area contributed by atoms with E-state index in [1.807, 2.05) is 11.8 Å². The summed E-state index contributed by atoms with van der Waals surface area (Å²) in [5.74, 6) is 1.37. The van der Waals surface area contributed by atoms with Crippen molar-refractivity contribution in [2.45, 2.75) is 39.0 Å². The molecule has 0 saturated carbocycles. The summed E-state index contributed by atoms with van der Waals surface area (Å²) in [4.78, 5) is 11.3. The molecule has 0 aromatic carbocycles. The van der Waals surface area contributed by atoms with Gasteiger partial charge in [0.25, 0.3) is 0 Å². The van der Waals surface area contributed by atoms with Crippen molar-refractivity contribution in [3.63, 3.8) is 0 Å². The molecule has 0 heterocycles. The number of carbonyl (C=O) groups is 1. The van der Waals surface area contributed by atoms with Gasteiger partial charge in [0.1, 0.15) is 0 Å². The average Bonchev–Trinajstić information content (AvgIpc) is 2.28. The van der Waals surface area contributed by atoms with Gasteiger partial charge in [-0.05, 0) is 37.8 Å².